The molecule has 3 nitrogen and oxygen atoms in total. The minimum absolute atomic E-state index is 0.0936. The van der Waals surface area contributed by atoms with Crippen molar-refractivity contribution in [3.8, 4) is 0 Å². The average Bonchev–Trinajstić information content (AvgIpc) is 2.42. The van der Waals surface area contributed by atoms with Crippen molar-refractivity contribution in [2.45, 2.75) is 70.6 Å². The van der Waals surface area contributed by atoms with E-state index in [0.717, 1.165) is 38.5 Å². The third kappa shape index (κ3) is 15.1. The summed E-state index contributed by atoms with van der Waals surface area (Å²) in [5.74, 6) is -0.0936. The number of aliphatic hydroxyl groups is 1. The Morgan fingerprint density at radius 1 is 0.947 bits per heavy atom. The fourth-order valence-electron chi connectivity index (χ4n) is 1.91. The van der Waals surface area contributed by atoms with Gasteiger partial charge in [-0.1, -0.05) is 38.2 Å². The van der Waals surface area contributed by atoms with Crippen LogP contribution in [0.5, 0.6) is 0 Å². The smallest absolute Gasteiger partial charge is 0.305 e. The van der Waals surface area contributed by atoms with Gasteiger partial charge in [-0.25, -0.2) is 0 Å². The molecule has 0 saturated carbocycles. The summed E-state index contributed by atoms with van der Waals surface area (Å²) >= 11 is 0. The zero-order chi connectivity index (χ0) is 14.2. The van der Waals surface area contributed by atoms with E-state index in [2.05, 4.69) is 6.58 Å². The SMILES string of the molecule is C=CCCCCCCCCOC(=O)CCCCCO. The molecule has 0 saturated heterocycles. The Morgan fingerprint density at radius 3 is 2.26 bits per heavy atom. The van der Waals surface area contributed by atoms with Crippen LogP contribution in [0.4, 0.5) is 0 Å². The first-order valence-corrected chi connectivity index (χ1v) is 7.68. The monoisotopic (exact) mass is 270 g/mol. The van der Waals surface area contributed by atoms with Gasteiger partial charge in [0.05, 0.1) is 6.61 Å². The number of carbonyl (C=O) groups is 1. The first kappa shape index (κ1) is 18.2. The Labute approximate surface area is 118 Å². The molecule has 1 N–H and O–H groups in total. The van der Waals surface area contributed by atoms with E-state index in [1.807, 2.05) is 6.08 Å². The highest BCUT2D eigenvalue weighted by Gasteiger charge is 2.01. The molecule has 0 rings (SSSR count). The van der Waals surface area contributed by atoms with Crippen molar-refractivity contribution in [1.82, 2.24) is 0 Å². The standard InChI is InChI=1S/C16H30O3/c1-2-3-4-5-6-7-8-12-15-19-16(18)13-10-9-11-14-17/h2,17H,1,3-15H2. The van der Waals surface area contributed by atoms with Crippen LogP contribution in [-0.2, 0) is 9.53 Å². The summed E-state index contributed by atoms with van der Waals surface area (Å²) in [6.45, 7) is 4.48. The predicted octanol–water partition coefficient (Wildman–Crippen LogP) is 4.00. The van der Waals surface area contributed by atoms with E-state index in [9.17, 15) is 4.79 Å². The normalized spacial score (nSPS) is 10.4. The van der Waals surface area contributed by atoms with Gasteiger partial charge >= 0.3 is 5.97 Å². The molecule has 0 spiro atoms. The quantitative estimate of drug-likeness (QED) is 0.295. The Kier molecular flexibility index (Phi) is 14.6. The van der Waals surface area contributed by atoms with Gasteiger partial charge in [0.1, 0.15) is 0 Å². The van der Waals surface area contributed by atoms with E-state index in [4.69, 9.17) is 9.84 Å². The number of rotatable bonds is 14. The lowest BCUT2D eigenvalue weighted by atomic mass is 10.1. The number of hydrogen-bond acceptors (Lipinski definition) is 3. The molecule has 0 aliphatic heterocycles. The van der Waals surface area contributed by atoms with Gasteiger partial charge in [0.15, 0.2) is 0 Å². The van der Waals surface area contributed by atoms with E-state index in [1.54, 1.807) is 0 Å². The molecule has 19 heavy (non-hydrogen) atoms. The number of carbonyl (C=O) groups excluding carboxylic acids is 1. The first-order chi connectivity index (χ1) is 9.31. The van der Waals surface area contributed by atoms with Crippen LogP contribution in [-0.4, -0.2) is 24.3 Å². The highest BCUT2D eigenvalue weighted by Crippen LogP contribution is 2.08. The van der Waals surface area contributed by atoms with Crippen LogP contribution in [0.2, 0.25) is 0 Å². The maximum absolute atomic E-state index is 11.3. The third-order valence-electron chi connectivity index (χ3n) is 3.10. The molecule has 0 aliphatic rings. The molecule has 112 valence electrons. The summed E-state index contributed by atoms with van der Waals surface area (Å²) in [4.78, 5) is 11.3. The van der Waals surface area contributed by atoms with Gasteiger partial charge in [-0.2, -0.15) is 0 Å². The van der Waals surface area contributed by atoms with Crippen molar-refractivity contribution in [2.75, 3.05) is 13.2 Å². The van der Waals surface area contributed by atoms with Crippen molar-refractivity contribution >= 4 is 5.97 Å². The van der Waals surface area contributed by atoms with Crippen LogP contribution in [0.3, 0.4) is 0 Å². The second-order valence-corrected chi connectivity index (χ2v) is 4.95. The molecule has 0 unspecified atom stereocenters. The molecule has 0 radical (unpaired) electrons. The molecule has 0 aromatic rings. The van der Waals surface area contributed by atoms with Gasteiger partial charge in [0.25, 0.3) is 0 Å². The molecular weight excluding hydrogens is 240 g/mol. The molecule has 0 bridgehead atoms. The second kappa shape index (κ2) is 15.2. The Hall–Kier alpha value is -0.830. The molecule has 0 amide bonds. The van der Waals surface area contributed by atoms with Gasteiger partial charge in [0.2, 0.25) is 0 Å². The number of allylic oxidation sites excluding steroid dienone is 1. The van der Waals surface area contributed by atoms with E-state index < -0.39 is 0 Å². The number of unbranched alkanes of at least 4 members (excludes halogenated alkanes) is 8. The largest absolute Gasteiger partial charge is 0.466 e. The summed E-state index contributed by atoms with van der Waals surface area (Å²) < 4.78 is 5.15. The van der Waals surface area contributed by atoms with Crippen molar-refractivity contribution in [3.63, 3.8) is 0 Å². The van der Waals surface area contributed by atoms with E-state index >= 15 is 0 Å². The Balaban J connectivity index is 3.12. The maximum atomic E-state index is 11.3. The zero-order valence-corrected chi connectivity index (χ0v) is 12.2. The van der Waals surface area contributed by atoms with Crippen LogP contribution < -0.4 is 0 Å². The highest BCUT2D eigenvalue weighted by atomic mass is 16.5. The summed E-state index contributed by atoms with van der Waals surface area (Å²) in [6.07, 6.45) is 13.2. The number of aliphatic hydroxyl groups excluding tert-OH is 1. The van der Waals surface area contributed by atoms with Crippen molar-refractivity contribution in [1.29, 1.82) is 0 Å². The average molecular weight is 270 g/mol. The van der Waals surface area contributed by atoms with Crippen LogP contribution in [0.1, 0.15) is 70.6 Å². The zero-order valence-electron chi connectivity index (χ0n) is 12.2. The molecule has 0 atom stereocenters. The summed E-state index contributed by atoms with van der Waals surface area (Å²) in [5.41, 5.74) is 0. The molecule has 0 aromatic carbocycles. The fraction of sp³-hybridized carbons (Fsp3) is 0.812. The minimum Gasteiger partial charge on any atom is -0.466 e. The fourth-order valence-corrected chi connectivity index (χ4v) is 1.91. The van der Waals surface area contributed by atoms with Gasteiger partial charge in [-0.05, 0) is 32.1 Å². The van der Waals surface area contributed by atoms with Crippen molar-refractivity contribution in [3.05, 3.63) is 12.7 Å². The Morgan fingerprint density at radius 2 is 1.58 bits per heavy atom. The minimum atomic E-state index is -0.0936. The molecule has 0 aliphatic carbocycles. The van der Waals surface area contributed by atoms with E-state index in [1.165, 1.54) is 25.7 Å². The lowest BCUT2D eigenvalue weighted by Crippen LogP contribution is -2.05. The molecule has 0 aromatic heterocycles. The summed E-state index contributed by atoms with van der Waals surface area (Å²) in [7, 11) is 0. The van der Waals surface area contributed by atoms with Crippen molar-refractivity contribution < 1.29 is 14.6 Å². The van der Waals surface area contributed by atoms with Gasteiger partial charge in [0, 0.05) is 13.0 Å². The van der Waals surface area contributed by atoms with Gasteiger partial charge < -0.3 is 9.84 Å². The second-order valence-electron chi connectivity index (χ2n) is 4.95. The van der Waals surface area contributed by atoms with Crippen molar-refractivity contribution in [2.24, 2.45) is 0 Å². The van der Waals surface area contributed by atoms with E-state index in [-0.39, 0.29) is 12.6 Å². The van der Waals surface area contributed by atoms with Crippen LogP contribution in [0.15, 0.2) is 12.7 Å². The van der Waals surface area contributed by atoms with Crippen LogP contribution >= 0.6 is 0 Å². The molecule has 0 heterocycles. The number of esters is 1. The maximum Gasteiger partial charge on any atom is 0.305 e. The predicted molar refractivity (Wildman–Crippen MR) is 79.0 cm³/mol. The Bertz CT molecular complexity index is 214. The molecular formula is C16H30O3. The molecule has 0 fully saturated rings. The van der Waals surface area contributed by atoms with Crippen LogP contribution in [0.25, 0.3) is 0 Å². The van der Waals surface area contributed by atoms with Gasteiger partial charge in [-0.15, -0.1) is 6.58 Å². The van der Waals surface area contributed by atoms with Crippen LogP contribution in [0, 0.1) is 0 Å². The summed E-state index contributed by atoms with van der Waals surface area (Å²) in [6, 6.07) is 0. The number of ether oxygens (including phenoxy) is 1. The van der Waals surface area contributed by atoms with Gasteiger partial charge in [-0.3, -0.25) is 4.79 Å². The first-order valence-electron chi connectivity index (χ1n) is 7.68. The van der Waals surface area contributed by atoms with E-state index in [0.29, 0.717) is 13.0 Å². The third-order valence-corrected chi connectivity index (χ3v) is 3.10. The highest BCUT2D eigenvalue weighted by molar-refractivity contribution is 5.69. The number of hydrogen-bond donors (Lipinski definition) is 1. The molecule has 3 heteroatoms. The summed E-state index contributed by atoms with van der Waals surface area (Å²) in [5, 5.41) is 8.60. The lowest BCUT2D eigenvalue weighted by Gasteiger charge is -2.04. The topological polar surface area (TPSA) is 46.5 Å². The lowest BCUT2D eigenvalue weighted by molar-refractivity contribution is -0.143.